The van der Waals surface area contributed by atoms with Crippen molar-refractivity contribution in [2.45, 2.75) is 34.2 Å². The number of hydrogen-bond donors (Lipinski definition) is 1. The van der Waals surface area contributed by atoms with Crippen molar-refractivity contribution in [1.82, 2.24) is 20.0 Å². The number of rotatable bonds is 2. The number of aromatic nitrogens is 2. The van der Waals surface area contributed by atoms with Crippen LogP contribution in [0.2, 0.25) is 0 Å². The van der Waals surface area contributed by atoms with Crippen molar-refractivity contribution in [1.29, 1.82) is 0 Å². The highest BCUT2D eigenvalue weighted by Crippen LogP contribution is 2.04. The predicted molar refractivity (Wildman–Crippen MR) is 74.1 cm³/mol. The number of nitrogens with zero attached hydrogens (tertiary/aromatic N) is 3. The summed E-state index contributed by atoms with van der Waals surface area (Å²) in [5.74, 6) is 0. The molecule has 1 fully saturated rings. The normalized spacial score (nSPS) is 16.5. The van der Waals surface area contributed by atoms with E-state index in [1.807, 2.05) is 40.0 Å². The van der Waals surface area contributed by atoms with E-state index in [9.17, 15) is 0 Å². The topological polar surface area (TPSA) is 35.2 Å². The average molecular weight is 240 g/mol. The maximum atomic E-state index is 3.94. The number of piperazine rings is 1. The van der Waals surface area contributed by atoms with Gasteiger partial charge in [0.1, 0.15) is 0 Å². The van der Waals surface area contributed by atoms with Crippen molar-refractivity contribution in [3.8, 4) is 0 Å². The summed E-state index contributed by atoms with van der Waals surface area (Å²) in [6, 6.07) is 2.04. The number of hydrogen-bond acceptors (Lipinski definition) is 3. The molecule has 4 heteroatoms. The molecule has 4 nitrogen and oxygen atoms in total. The highest BCUT2D eigenvalue weighted by atomic mass is 15.3. The third-order valence-electron chi connectivity index (χ3n) is 2.55. The third-order valence-corrected chi connectivity index (χ3v) is 2.55. The minimum Gasteiger partial charge on any atom is -0.304 e. The van der Waals surface area contributed by atoms with Crippen LogP contribution < -0.4 is 0 Å². The average Bonchev–Trinajstić information content (AvgIpc) is 2.90. The molecule has 0 radical (unpaired) electrons. The van der Waals surface area contributed by atoms with Gasteiger partial charge >= 0.3 is 0 Å². The molecule has 0 saturated carbocycles. The molecule has 1 aliphatic heterocycles. The first-order chi connectivity index (χ1) is 8.34. The zero-order valence-corrected chi connectivity index (χ0v) is 12.0. The van der Waals surface area contributed by atoms with Gasteiger partial charge < -0.3 is 4.90 Å². The molecule has 2 heterocycles. The molecule has 0 aliphatic carbocycles. The van der Waals surface area contributed by atoms with Gasteiger partial charge in [-0.25, -0.2) is 0 Å². The molecule has 1 aliphatic rings. The Labute approximate surface area is 106 Å². The van der Waals surface area contributed by atoms with Crippen LogP contribution in [0.3, 0.4) is 0 Å². The lowest BCUT2D eigenvalue weighted by Gasteiger charge is -2.31. The first kappa shape index (κ1) is 16.1. The van der Waals surface area contributed by atoms with Crippen molar-refractivity contribution < 1.29 is 0 Å². The van der Waals surface area contributed by atoms with Crippen molar-refractivity contribution in [2.24, 2.45) is 0 Å². The van der Waals surface area contributed by atoms with Crippen LogP contribution in [0.25, 0.3) is 0 Å². The molecule has 1 saturated heterocycles. The van der Waals surface area contributed by atoms with Crippen LogP contribution in [0.15, 0.2) is 12.3 Å². The van der Waals surface area contributed by atoms with Crippen LogP contribution >= 0.6 is 0 Å². The fraction of sp³-hybridized carbons (Fsp3) is 0.769. The molecule has 100 valence electrons. The second-order valence-electron chi connectivity index (χ2n) is 3.66. The first-order valence-corrected chi connectivity index (χ1v) is 6.74. The summed E-state index contributed by atoms with van der Waals surface area (Å²) in [5, 5.41) is 6.93. The highest BCUT2D eigenvalue weighted by molar-refractivity contribution is 4.97. The summed E-state index contributed by atoms with van der Waals surface area (Å²) in [4.78, 5) is 4.82. The summed E-state index contributed by atoms with van der Waals surface area (Å²) in [6.45, 7) is 13.7. The van der Waals surface area contributed by atoms with Crippen LogP contribution in [0, 0.1) is 0 Å². The largest absolute Gasteiger partial charge is 0.304 e. The Morgan fingerprint density at radius 1 is 1.12 bits per heavy atom. The lowest BCUT2D eigenvalue weighted by molar-refractivity contribution is 0.147. The van der Waals surface area contributed by atoms with Gasteiger partial charge in [-0.15, -0.1) is 0 Å². The zero-order valence-electron chi connectivity index (χ0n) is 12.0. The molecule has 1 aromatic rings. The monoisotopic (exact) mass is 240 g/mol. The van der Waals surface area contributed by atoms with Gasteiger partial charge in [0.15, 0.2) is 0 Å². The van der Waals surface area contributed by atoms with Crippen molar-refractivity contribution in [3.63, 3.8) is 0 Å². The summed E-state index contributed by atoms with van der Waals surface area (Å²) in [6.07, 6.45) is 1.81. The van der Waals surface area contributed by atoms with E-state index < -0.39 is 0 Å². The van der Waals surface area contributed by atoms with Gasteiger partial charge in [0.05, 0.1) is 0 Å². The van der Waals surface area contributed by atoms with Gasteiger partial charge in [0.2, 0.25) is 0 Å². The molecule has 0 unspecified atom stereocenters. The van der Waals surface area contributed by atoms with Gasteiger partial charge in [0.25, 0.3) is 0 Å². The highest BCUT2D eigenvalue weighted by Gasteiger charge is 2.13. The Bertz CT molecular complexity index is 238. The molecule has 0 aromatic carbocycles. The van der Waals surface area contributed by atoms with E-state index in [-0.39, 0.29) is 0 Å². The predicted octanol–water partition coefficient (Wildman–Crippen LogP) is 2.21. The lowest BCUT2D eigenvalue weighted by atomic mass is 10.3. The van der Waals surface area contributed by atoms with Gasteiger partial charge in [-0.05, 0) is 13.1 Å². The SMILES string of the molecule is CC.CC.CN1CCN(Cc2ccn[nH]2)CC1. The van der Waals surface area contributed by atoms with E-state index in [0.717, 1.165) is 19.6 Å². The Kier molecular flexibility index (Phi) is 9.77. The molecule has 2 rings (SSSR count). The summed E-state index contributed by atoms with van der Waals surface area (Å²) < 4.78 is 0. The molecular weight excluding hydrogens is 212 g/mol. The second-order valence-corrected chi connectivity index (χ2v) is 3.66. The van der Waals surface area contributed by atoms with E-state index in [1.165, 1.54) is 18.8 Å². The molecule has 17 heavy (non-hydrogen) atoms. The van der Waals surface area contributed by atoms with Crippen LogP contribution in [-0.2, 0) is 6.54 Å². The van der Waals surface area contributed by atoms with Crippen LogP contribution in [0.1, 0.15) is 33.4 Å². The van der Waals surface area contributed by atoms with E-state index in [1.54, 1.807) is 0 Å². The molecule has 1 aromatic heterocycles. The standard InChI is InChI=1S/C9H16N4.2C2H6/c1-12-4-6-13(7-5-12)8-9-2-3-10-11-9;2*1-2/h2-3H,4-8H2,1H3,(H,10,11);2*1-2H3. The Balaban J connectivity index is 0.000000581. The number of H-pyrrole nitrogens is 1. The smallest absolute Gasteiger partial charge is 0.0492 e. The van der Waals surface area contributed by atoms with Crippen LogP contribution in [0.4, 0.5) is 0 Å². The van der Waals surface area contributed by atoms with Gasteiger partial charge in [-0.1, -0.05) is 27.7 Å². The van der Waals surface area contributed by atoms with E-state index in [0.29, 0.717) is 0 Å². The Hall–Kier alpha value is -0.870. The Morgan fingerprint density at radius 2 is 1.71 bits per heavy atom. The maximum Gasteiger partial charge on any atom is 0.0492 e. The summed E-state index contributed by atoms with van der Waals surface area (Å²) >= 11 is 0. The van der Waals surface area contributed by atoms with Gasteiger partial charge in [-0.3, -0.25) is 10.00 Å². The number of likely N-dealkylation sites (N-methyl/N-ethyl adjacent to an activating group) is 1. The fourth-order valence-electron chi connectivity index (χ4n) is 1.62. The summed E-state index contributed by atoms with van der Waals surface area (Å²) in [7, 11) is 2.17. The van der Waals surface area contributed by atoms with Crippen molar-refractivity contribution >= 4 is 0 Å². The summed E-state index contributed by atoms with van der Waals surface area (Å²) in [5.41, 5.74) is 1.21. The quantitative estimate of drug-likeness (QED) is 0.861. The van der Waals surface area contributed by atoms with E-state index in [4.69, 9.17) is 0 Å². The minimum absolute atomic E-state index is 1.01. The van der Waals surface area contributed by atoms with Crippen LogP contribution in [-0.4, -0.2) is 53.2 Å². The molecule has 0 amide bonds. The lowest BCUT2D eigenvalue weighted by Crippen LogP contribution is -2.43. The molecule has 0 bridgehead atoms. The molecule has 1 N–H and O–H groups in total. The maximum absolute atomic E-state index is 3.94. The third kappa shape index (κ3) is 6.44. The van der Waals surface area contributed by atoms with Gasteiger partial charge in [-0.2, -0.15) is 5.10 Å². The second kappa shape index (κ2) is 10.3. The molecular formula is C13H28N4. The first-order valence-electron chi connectivity index (χ1n) is 6.74. The number of nitrogens with one attached hydrogen (secondary N) is 1. The molecule has 0 spiro atoms. The van der Waals surface area contributed by atoms with Gasteiger partial charge in [0, 0.05) is 44.6 Å². The van der Waals surface area contributed by atoms with Crippen LogP contribution in [0.5, 0.6) is 0 Å². The fourth-order valence-corrected chi connectivity index (χ4v) is 1.62. The van der Waals surface area contributed by atoms with Crippen molar-refractivity contribution in [2.75, 3.05) is 33.2 Å². The minimum atomic E-state index is 1.01. The molecule has 0 atom stereocenters. The number of aromatic amines is 1. The zero-order chi connectivity index (χ0) is 13.1. The Morgan fingerprint density at radius 3 is 2.18 bits per heavy atom. The van der Waals surface area contributed by atoms with E-state index in [2.05, 4.69) is 27.0 Å². The van der Waals surface area contributed by atoms with Crippen molar-refractivity contribution in [3.05, 3.63) is 18.0 Å². The van der Waals surface area contributed by atoms with E-state index >= 15 is 0 Å².